The molecule has 0 aromatic heterocycles. The Kier molecular flexibility index (Phi) is 5.08. The third-order valence-electron chi connectivity index (χ3n) is 4.90. The second-order valence-electron chi connectivity index (χ2n) is 6.74. The molecule has 2 fully saturated rings. The van der Waals surface area contributed by atoms with E-state index in [1.165, 1.54) is 45.8 Å². The Morgan fingerprint density at radius 2 is 2.15 bits per heavy atom. The van der Waals surface area contributed by atoms with E-state index in [2.05, 4.69) is 24.1 Å². The summed E-state index contributed by atoms with van der Waals surface area (Å²) < 4.78 is 5.04. The van der Waals surface area contributed by atoms with Crippen LogP contribution in [0.3, 0.4) is 0 Å². The van der Waals surface area contributed by atoms with Gasteiger partial charge in [-0.25, -0.2) is 0 Å². The molecule has 0 radical (unpaired) electrons. The zero-order valence-electron chi connectivity index (χ0n) is 13.4. The third-order valence-corrected chi connectivity index (χ3v) is 4.90. The summed E-state index contributed by atoms with van der Waals surface area (Å²) >= 11 is 0. The van der Waals surface area contributed by atoms with Crippen molar-refractivity contribution in [3.8, 4) is 0 Å². The molecule has 0 aromatic carbocycles. The van der Waals surface area contributed by atoms with E-state index in [-0.39, 0.29) is 5.97 Å². The summed E-state index contributed by atoms with van der Waals surface area (Å²) in [6.45, 7) is 7.69. The summed E-state index contributed by atoms with van der Waals surface area (Å²) in [6, 6.07) is 1.61. The zero-order valence-corrected chi connectivity index (χ0v) is 13.4. The van der Waals surface area contributed by atoms with E-state index < -0.39 is 5.54 Å². The molecule has 1 aliphatic heterocycles. The van der Waals surface area contributed by atoms with E-state index in [4.69, 9.17) is 4.74 Å². The molecule has 1 saturated carbocycles. The Morgan fingerprint density at radius 1 is 1.45 bits per heavy atom. The van der Waals surface area contributed by atoms with E-state index in [0.29, 0.717) is 18.1 Å². The minimum Gasteiger partial charge on any atom is -0.468 e. The fourth-order valence-electron chi connectivity index (χ4n) is 3.69. The number of carbonyl (C=O) groups is 1. The number of likely N-dealkylation sites (tertiary alicyclic amines) is 1. The summed E-state index contributed by atoms with van der Waals surface area (Å²) in [6.07, 6.45) is 6.98. The van der Waals surface area contributed by atoms with Gasteiger partial charge in [0.05, 0.1) is 7.11 Å². The van der Waals surface area contributed by atoms with Crippen LogP contribution < -0.4 is 5.32 Å². The molecule has 3 unspecified atom stereocenters. The lowest BCUT2D eigenvalue weighted by Crippen LogP contribution is -2.55. The number of nitrogens with one attached hydrogen (secondary N) is 1. The van der Waals surface area contributed by atoms with Gasteiger partial charge in [0.15, 0.2) is 0 Å². The summed E-state index contributed by atoms with van der Waals surface area (Å²) in [4.78, 5) is 14.8. The molecule has 1 saturated heterocycles. The predicted molar refractivity (Wildman–Crippen MR) is 80.7 cm³/mol. The fourth-order valence-corrected chi connectivity index (χ4v) is 3.69. The van der Waals surface area contributed by atoms with Crippen molar-refractivity contribution in [2.45, 2.75) is 83.0 Å². The average Bonchev–Trinajstić information content (AvgIpc) is 3.09. The van der Waals surface area contributed by atoms with Gasteiger partial charge in [-0.15, -0.1) is 0 Å². The highest BCUT2D eigenvalue weighted by Gasteiger charge is 2.42. The van der Waals surface area contributed by atoms with Crippen LogP contribution in [-0.2, 0) is 9.53 Å². The third kappa shape index (κ3) is 3.53. The Labute approximate surface area is 123 Å². The van der Waals surface area contributed by atoms with Crippen molar-refractivity contribution in [1.82, 2.24) is 10.2 Å². The molecule has 4 nitrogen and oxygen atoms in total. The number of methoxy groups -OCH3 is 1. The van der Waals surface area contributed by atoms with Gasteiger partial charge in [-0.2, -0.15) is 0 Å². The summed E-state index contributed by atoms with van der Waals surface area (Å²) in [7, 11) is 1.49. The minimum absolute atomic E-state index is 0.122. The first kappa shape index (κ1) is 15.8. The van der Waals surface area contributed by atoms with Crippen molar-refractivity contribution in [3.63, 3.8) is 0 Å². The average molecular weight is 282 g/mol. The molecule has 3 atom stereocenters. The largest absolute Gasteiger partial charge is 0.468 e. The van der Waals surface area contributed by atoms with Crippen molar-refractivity contribution in [3.05, 3.63) is 0 Å². The predicted octanol–water partition coefficient (Wildman–Crippen LogP) is 2.32. The van der Waals surface area contributed by atoms with E-state index >= 15 is 0 Å². The molecule has 2 aliphatic rings. The van der Waals surface area contributed by atoms with Gasteiger partial charge in [0, 0.05) is 18.1 Å². The van der Waals surface area contributed by atoms with Crippen LogP contribution in [0.15, 0.2) is 0 Å². The quantitative estimate of drug-likeness (QED) is 0.728. The maximum Gasteiger partial charge on any atom is 0.325 e. The first-order valence-corrected chi connectivity index (χ1v) is 8.12. The van der Waals surface area contributed by atoms with Gasteiger partial charge in [0.25, 0.3) is 0 Å². The zero-order chi connectivity index (χ0) is 14.8. The summed E-state index contributed by atoms with van der Waals surface area (Å²) in [5.74, 6) is -0.122. The van der Waals surface area contributed by atoms with Crippen LogP contribution in [0, 0.1) is 0 Å². The van der Waals surface area contributed by atoms with Crippen molar-refractivity contribution in [2.75, 3.05) is 13.7 Å². The van der Waals surface area contributed by atoms with Gasteiger partial charge in [0.2, 0.25) is 0 Å². The number of rotatable bonds is 7. The SMILES string of the molecule is CCC1CCCN1C(C)CC(C)(NC1CC1)C(=O)OC. The maximum absolute atomic E-state index is 12.2. The molecule has 2 rings (SSSR count). The van der Waals surface area contributed by atoms with Crippen LogP contribution in [0.5, 0.6) is 0 Å². The highest BCUT2D eigenvalue weighted by molar-refractivity contribution is 5.80. The Bertz CT molecular complexity index is 343. The summed E-state index contributed by atoms with van der Waals surface area (Å²) in [5.41, 5.74) is -0.545. The van der Waals surface area contributed by atoms with Gasteiger partial charge in [-0.3, -0.25) is 15.0 Å². The van der Waals surface area contributed by atoms with Gasteiger partial charge in [0.1, 0.15) is 5.54 Å². The minimum atomic E-state index is -0.545. The number of hydrogen-bond donors (Lipinski definition) is 1. The Morgan fingerprint density at radius 3 is 2.70 bits per heavy atom. The van der Waals surface area contributed by atoms with Crippen molar-refractivity contribution < 1.29 is 9.53 Å². The Hall–Kier alpha value is -0.610. The maximum atomic E-state index is 12.2. The fraction of sp³-hybridized carbons (Fsp3) is 0.938. The molecule has 0 aromatic rings. The first-order valence-electron chi connectivity index (χ1n) is 8.12. The van der Waals surface area contributed by atoms with Crippen molar-refractivity contribution >= 4 is 5.97 Å². The number of carbonyl (C=O) groups excluding carboxylic acids is 1. The number of hydrogen-bond acceptors (Lipinski definition) is 4. The Balaban J connectivity index is 2.00. The van der Waals surface area contributed by atoms with Crippen LogP contribution in [0.2, 0.25) is 0 Å². The van der Waals surface area contributed by atoms with Gasteiger partial charge >= 0.3 is 5.97 Å². The topological polar surface area (TPSA) is 41.6 Å². The van der Waals surface area contributed by atoms with E-state index in [1.54, 1.807) is 0 Å². The molecule has 116 valence electrons. The van der Waals surface area contributed by atoms with E-state index in [9.17, 15) is 4.79 Å². The normalized spacial score (nSPS) is 28.1. The summed E-state index contributed by atoms with van der Waals surface area (Å²) in [5, 5.41) is 3.50. The van der Waals surface area contributed by atoms with Crippen LogP contribution in [0.1, 0.15) is 59.3 Å². The monoisotopic (exact) mass is 282 g/mol. The number of esters is 1. The van der Waals surface area contributed by atoms with Gasteiger partial charge < -0.3 is 4.74 Å². The molecule has 20 heavy (non-hydrogen) atoms. The number of nitrogens with zero attached hydrogens (tertiary/aromatic N) is 1. The van der Waals surface area contributed by atoms with Crippen LogP contribution in [0.4, 0.5) is 0 Å². The molecular weight excluding hydrogens is 252 g/mol. The van der Waals surface area contributed by atoms with Crippen LogP contribution >= 0.6 is 0 Å². The molecule has 1 N–H and O–H groups in total. The van der Waals surface area contributed by atoms with Crippen molar-refractivity contribution in [2.24, 2.45) is 0 Å². The molecule has 0 spiro atoms. The molecular formula is C16H30N2O2. The lowest BCUT2D eigenvalue weighted by Gasteiger charge is -2.37. The molecule has 4 heteroatoms. The lowest BCUT2D eigenvalue weighted by atomic mass is 9.92. The lowest BCUT2D eigenvalue weighted by molar-refractivity contribution is -0.149. The second kappa shape index (κ2) is 6.44. The highest BCUT2D eigenvalue weighted by Crippen LogP contribution is 2.29. The van der Waals surface area contributed by atoms with Gasteiger partial charge in [-0.05, 0) is 58.9 Å². The molecule has 1 heterocycles. The molecule has 1 aliphatic carbocycles. The molecule has 0 amide bonds. The van der Waals surface area contributed by atoms with Crippen LogP contribution in [-0.4, -0.2) is 48.2 Å². The van der Waals surface area contributed by atoms with E-state index in [0.717, 1.165) is 6.42 Å². The first-order chi connectivity index (χ1) is 9.50. The molecule has 0 bridgehead atoms. The standard InChI is InChI=1S/C16H30N2O2/c1-5-14-7-6-10-18(14)12(2)11-16(3,15(19)20-4)17-13-8-9-13/h12-14,17H,5-11H2,1-4H3. The second-order valence-corrected chi connectivity index (χ2v) is 6.74. The smallest absolute Gasteiger partial charge is 0.325 e. The van der Waals surface area contributed by atoms with E-state index in [1.807, 2.05) is 6.92 Å². The van der Waals surface area contributed by atoms with Gasteiger partial charge in [-0.1, -0.05) is 6.92 Å². The van der Waals surface area contributed by atoms with Crippen LogP contribution in [0.25, 0.3) is 0 Å². The number of ether oxygens (including phenoxy) is 1. The van der Waals surface area contributed by atoms with Crippen molar-refractivity contribution in [1.29, 1.82) is 0 Å². The highest BCUT2D eigenvalue weighted by atomic mass is 16.5.